The molecule has 0 amide bonds. The van der Waals surface area contributed by atoms with E-state index < -0.39 is 38.7 Å². The van der Waals surface area contributed by atoms with Crippen LogP contribution in [0.25, 0.3) is 0 Å². The van der Waals surface area contributed by atoms with Crippen LogP contribution >= 0.6 is 0 Å². The molecule has 2 aromatic carbocycles. The number of aliphatic hydroxyl groups is 2. The summed E-state index contributed by atoms with van der Waals surface area (Å²) >= 11 is 0. The van der Waals surface area contributed by atoms with E-state index in [2.05, 4.69) is 52.6 Å². The fraction of sp³-hybridized carbons (Fsp3) is 0.610. The van der Waals surface area contributed by atoms with E-state index in [0.717, 1.165) is 29.7 Å². The maximum absolute atomic E-state index is 11.5. The lowest BCUT2D eigenvalue weighted by Crippen LogP contribution is -2.44. The Morgan fingerprint density at radius 1 is 0.860 bits per heavy atom. The number of aliphatic hydroxyl groups excluding tert-OH is 2. The van der Waals surface area contributed by atoms with Gasteiger partial charge >= 0.3 is 0 Å². The van der Waals surface area contributed by atoms with Crippen LogP contribution in [-0.4, -0.2) is 76.7 Å². The first kappa shape index (κ1) is 43.6. The molecule has 50 heavy (non-hydrogen) atoms. The van der Waals surface area contributed by atoms with Gasteiger partial charge in [0.25, 0.3) is 0 Å². The lowest BCUT2D eigenvalue weighted by Gasteiger charge is -2.38. The highest BCUT2D eigenvalue weighted by Gasteiger charge is 2.39. The topological polar surface area (TPSA) is 95.8 Å². The Morgan fingerprint density at radius 3 is 2.12 bits per heavy atom. The van der Waals surface area contributed by atoms with E-state index in [1.807, 2.05) is 80.6 Å². The smallest absolute Gasteiger partial charge is 0.193 e. The van der Waals surface area contributed by atoms with Crippen molar-refractivity contribution in [2.75, 3.05) is 27.6 Å². The first-order valence-electron chi connectivity index (χ1n) is 17.9. The molecule has 2 rings (SSSR count). The number of hydrogen-bond donors (Lipinski definition) is 2. The summed E-state index contributed by atoms with van der Waals surface area (Å²) in [7, 11) is 1.07. The van der Waals surface area contributed by atoms with Crippen molar-refractivity contribution in [2.45, 2.75) is 123 Å². The highest BCUT2D eigenvalue weighted by atomic mass is 28.4. The molecular weight excluding hydrogens is 649 g/mol. The van der Waals surface area contributed by atoms with Gasteiger partial charge in [0, 0.05) is 25.4 Å². The van der Waals surface area contributed by atoms with Gasteiger partial charge in [-0.1, -0.05) is 114 Å². The summed E-state index contributed by atoms with van der Waals surface area (Å²) in [6, 6.07) is 17.7. The molecule has 0 bridgehead atoms. The molecular formula is C41H64O8Si. The second kappa shape index (κ2) is 22.4. The second-order valence-corrected chi connectivity index (χ2v) is 19.3. The molecule has 0 aromatic heterocycles. The van der Waals surface area contributed by atoms with Gasteiger partial charge in [0.2, 0.25) is 0 Å². The Balaban J connectivity index is 2.18. The van der Waals surface area contributed by atoms with Gasteiger partial charge in [-0.15, -0.1) is 0 Å². The Hall–Kier alpha value is -2.52. The van der Waals surface area contributed by atoms with Gasteiger partial charge in [0.15, 0.2) is 8.32 Å². The molecule has 0 spiro atoms. The number of hydrogen-bond acceptors (Lipinski definition) is 8. The third kappa shape index (κ3) is 15.4. The molecule has 0 fully saturated rings. The molecule has 280 valence electrons. The second-order valence-electron chi connectivity index (χ2n) is 14.6. The summed E-state index contributed by atoms with van der Waals surface area (Å²) in [5.41, 5.74) is 2.08. The molecule has 0 aliphatic carbocycles. The monoisotopic (exact) mass is 712 g/mol. The number of benzene rings is 2. The maximum atomic E-state index is 11.5. The summed E-state index contributed by atoms with van der Waals surface area (Å²) < 4.78 is 35.3. The SMILES string of the molecule is CCC[C@@H](C[C@@H](C#C[C@@H](O)[C@@H](C)[C@H](O)[C@H](C)[C@H](/C=C/COCc1ccc(OC)cc1)OCc1ccccc1)O[Si](C)(C)C(C)(C)C)OCOC. The fourth-order valence-corrected chi connectivity index (χ4v) is 6.36. The van der Waals surface area contributed by atoms with Crippen molar-refractivity contribution in [2.24, 2.45) is 11.8 Å². The van der Waals surface area contributed by atoms with E-state index in [1.165, 1.54) is 0 Å². The average molecular weight is 713 g/mol. The molecule has 0 saturated carbocycles. The number of rotatable bonds is 22. The van der Waals surface area contributed by atoms with E-state index in [4.69, 9.17) is 28.1 Å². The van der Waals surface area contributed by atoms with Crippen LogP contribution in [0.4, 0.5) is 0 Å². The predicted molar refractivity (Wildman–Crippen MR) is 203 cm³/mol. The molecule has 0 saturated heterocycles. The predicted octanol–water partition coefficient (Wildman–Crippen LogP) is 7.92. The van der Waals surface area contributed by atoms with Crippen LogP contribution in [0.3, 0.4) is 0 Å². The molecule has 0 heterocycles. The first-order chi connectivity index (χ1) is 23.7. The van der Waals surface area contributed by atoms with Gasteiger partial charge in [0.05, 0.1) is 45.2 Å². The zero-order valence-corrected chi connectivity index (χ0v) is 33.2. The van der Waals surface area contributed by atoms with Gasteiger partial charge in [-0.25, -0.2) is 0 Å². The molecule has 8 nitrogen and oxygen atoms in total. The Kier molecular flexibility index (Phi) is 19.6. The van der Waals surface area contributed by atoms with E-state index in [1.54, 1.807) is 14.2 Å². The van der Waals surface area contributed by atoms with E-state index >= 15 is 0 Å². The van der Waals surface area contributed by atoms with Crippen molar-refractivity contribution in [1.29, 1.82) is 0 Å². The third-order valence-corrected chi connectivity index (χ3v) is 14.0. The number of ether oxygens (including phenoxy) is 5. The standard InChI is InChI=1S/C41H64O8Si/c1-11-16-36(48-30-44-7)27-37(49-50(9,10)41(4,5)6)24-25-38(42)31(2)40(43)32(3)39(47-29-33-17-13-12-14-18-33)19-15-26-46-28-34-20-22-35(45-8)23-21-34/h12-15,17-23,31-32,36-40,42-43H,11,16,26-30H2,1-10H3/b19-15+/t31-,32-,36+,37-,38-,39+,40+/m1/s1. The van der Waals surface area contributed by atoms with Crippen molar-refractivity contribution in [3.63, 3.8) is 0 Å². The minimum absolute atomic E-state index is 0.0128. The lowest BCUT2D eigenvalue weighted by molar-refractivity contribution is -0.0826. The largest absolute Gasteiger partial charge is 0.497 e. The first-order valence-corrected chi connectivity index (χ1v) is 20.8. The van der Waals surface area contributed by atoms with Crippen molar-refractivity contribution in [1.82, 2.24) is 0 Å². The molecule has 0 radical (unpaired) electrons. The van der Waals surface area contributed by atoms with Gasteiger partial charge < -0.3 is 38.3 Å². The third-order valence-electron chi connectivity index (χ3n) is 9.49. The van der Waals surface area contributed by atoms with Crippen molar-refractivity contribution >= 4 is 8.32 Å². The van der Waals surface area contributed by atoms with E-state index in [-0.39, 0.29) is 23.9 Å². The molecule has 0 unspecified atom stereocenters. The lowest BCUT2D eigenvalue weighted by atomic mass is 9.86. The van der Waals surface area contributed by atoms with Crippen molar-refractivity contribution in [3.8, 4) is 17.6 Å². The molecule has 2 N–H and O–H groups in total. The summed E-state index contributed by atoms with van der Waals surface area (Å²) in [5.74, 6) is 6.19. The highest BCUT2D eigenvalue weighted by Crippen LogP contribution is 2.38. The van der Waals surface area contributed by atoms with Crippen molar-refractivity contribution in [3.05, 3.63) is 77.9 Å². The Bertz CT molecular complexity index is 1280. The summed E-state index contributed by atoms with van der Waals surface area (Å²) in [6.07, 6.45) is 3.31. The van der Waals surface area contributed by atoms with Gasteiger partial charge in [-0.05, 0) is 47.8 Å². The maximum Gasteiger partial charge on any atom is 0.193 e. The van der Waals surface area contributed by atoms with Crippen LogP contribution in [0.2, 0.25) is 18.1 Å². The molecule has 9 heteroatoms. The van der Waals surface area contributed by atoms with Crippen LogP contribution in [0.15, 0.2) is 66.7 Å². The van der Waals surface area contributed by atoms with Gasteiger partial charge in [0.1, 0.15) is 24.8 Å². The molecule has 2 aromatic rings. The zero-order chi connectivity index (χ0) is 37.2. The van der Waals surface area contributed by atoms with E-state index in [0.29, 0.717) is 26.2 Å². The molecule has 0 aliphatic heterocycles. The van der Waals surface area contributed by atoms with Gasteiger partial charge in [-0.2, -0.15) is 0 Å². The van der Waals surface area contributed by atoms with E-state index in [9.17, 15) is 10.2 Å². The van der Waals surface area contributed by atoms with Crippen LogP contribution in [0.5, 0.6) is 5.75 Å². The minimum Gasteiger partial charge on any atom is -0.497 e. The molecule has 0 aliphatic rings. The Morgan fingerprint density at radius 2 is 1.52 bits per heavy atom. The van der Waals surface area contributed by atoms with Crippen LogP contribution < -0.4 is 4.74 Å². The van der Waals surface area contributed by atoms with Crippen LogP contribution in [0.1, 0.15) is 71.9 Å². The quantitative estimate of drug-likeness (QED) is 0.0418. The highest BCUT2D eigenvalue weighted by molar-refractivity contribution is 6.74. The van der Waals surface area contributed by atoms with Crippen molar-refractivity contribution < 1.29 is 38.3 Å². The average Bonchev–Trinajstić information content (AvgIpc) is 3.09. The summed E-state index contributed by atoms with van der Waals surface area (Å²) in [4.78, 5) is 0. The summed E-state index contributed by atoms with van der Waals surface area (Å²) in [6.45, 7) is 18.3. The zero-order valence-electron chi connectivity index (χ0n) is 32.2. The minimum atomic E-state index is -2.18. The summed E-state index contributed by atoms with van der Waals surface area (Å²) in [5, 5.41) is 22.8. The van der Waals surface area contributed by atoms with Crippen LogP contribution in [0, 0.1) is 23.7 Å². The normalized spacial score (nSPS) is 16.6. The molecule has 7 atom stereocenters. The van der Waals surface area contributed by atoms with Gasteiger partial charge in [-0.3, -0.25) is 0 Å². The fourth-order valence-electron chi connectivity index (χ4n) is 5.14. The number of methoxy groups -OCH3 is 2. The van der Waals surface area contributed by atoms with Crippen LogP contribution in [-0.2, 0) is 36.6 Å². The Labute approximate surface area is 303 Å².